The monoisotopic (exact) mass is 395 g/mol. The predicted molar refractivity (Wildman–Crippen MR) is 109 cm³/mol. The number of nitrogens with zero attached hydrogens (tertiary/aromatic N) is 1. The number of oxazole rings is 1. The quantitative estimate of drug-likeness (QED) is 0.498. The van der Waals surface area contributed by atoms with Crippen LogP contribution in [0.3, 0.4) is 0 Å². The SMILES string of the molecule is Cc1oc(-c2ccccc2)nc1CCOc1ccc2c(c1)CC[C@H]2CC(=O)Cl. The maximum atomic E-state index is 11.2. The minimum absolute atomic E-state index is 0.239. The lowest BCUT2D eigenvalue weighted by atomic mass is 9.98. The molecule has 3 aromatic rings. The van der Waals surface area contributed by atoms with Crippen molar-refractivity contribution in [3.63, 3.8) is 0 Å². The zero-order valence-corrected chi connectivity index (χ0v) is 16.5. The maximum absolute atomic E-state index is 11.2. The number of hydrogen-bond acceptors (Lipinski definition) is 4. The van der Waals surface area contributed by atoms with Gasteiger partial charge in [-0.05, 0) is 72.7 Å². The third kappa shape index (κ3) is 4.12. The highest BCUT2D eigenvalue weighted by Gasteiger charge is 2.24. The Labute approximate surface area is 169 Å². The zero-order valence-electron chi connectivity index (χ0n) is 15.8. The fourth-order valence-electron chi connectivity index (χ4n) is 3.81. The molecule has 0 aliphatic heterocycles. The normalized spacial score (nSPS) is 15.4. The van der Waals surface area contributed by atoms with Crippen molar-refractivity contribution in [2.45, 2.75) is 38.5 Å². The number of fused-ring (bicyclic) bond motifs is 1. The van der Waals surface area contributed by atoms with Gasteiger partial charge >= 0.3 is 0 Å². The van der Waals surface area contributed by atoms with Crippen molar-refractivity contribution >= 4 is 16.8 Å². The summed E-state index contributed by atoms with van der Waals surface area (Å²) in [6.45, 7) is 2.46. The minimum atomic E-state index is -0.268. The number of hydrogen-bond donors (Lipinski definition) is 0. The van der Waals surface area contributed by atoms with Crippen molar-refractivity contribution in [1.29, 1.82) is 0 Å². The molecule has 0 unspecified atom stereocenters. The van der Waals surface area contributed by atoms with E-state index in [4.69, 9.17) is 20.8 Å². The summed E-state index contributed by atoms with van der Waals surface area (Å²) in [5.41, 5.74) is 4.37. The average molecular weight is 396 g/mol. The van der Waals surface area contributed by atoms with Gasteiger partial charge in [-0.1, -0.05) is 24.3 Å². The first-order valence-corrected chi connectivity index (χ1v) is 9.93. The van der Waals surface area contributed by atoms with Crippen LogP contribution in [-0.4, -0.2) is 16.8 Å². The summed E-state index contributed by atoms with van der Waals surface area (Å²) in [5, 5.41) is -0.268. The van der Waals surface area contributed by atoms with Gasteiger partial charge in [0.25, 0.3) is 0 Å². The van der Waals surface area contributed by atoms with E-state index in [0.29, 0.717) is 25.3 Å². The van der Waals surface area contributed by atoms with Gasteiger partial charge in [0.1, 0.15) is 11.5 Å². The molecule has 144 valence electrons. The van der Waals surface area contributed by atoms with Gasteiger partial charge in [0.2, 0.25) is 11.1 Å². The van der Waals surface area contributed by atoms with Crippen molar-refractivity contribution in [3.8, 4) is 17.2 Å². The Hall–Kier alpha value is -2.59. The Balaban J connectivity index is 1.37. The highest BCUT2D eigenvalue weighted by molar-refractivity contribution is 6.63. The van der Waals surface area contributed by atoms with Crippen molar-refractivity contribution < 1.29 is 13.9 Å². The second-order valence-corrected chi connectivity index (χ2v) is 7.56. The van der Waals surface area contributed by atoms with Crippen LogP contribution in [0.5, 0.6) is 5.75 Å². The summed E-state index contributed by atoms with van der Waals surface area (Å²) < 4.78 is 11.7. The number of ether oxygens (including phenoxy) is 1. The molecule has 1 aliphatic rings. The average Bonchev–Trinajstić information content (AvgIpc) is 3.26. The lowest BCUT2D eigenvalue weighted by molar-refractivity contribution is -0.112. The Morgan fingerprint density at radius 2 is 2.07 bits per heavy atom. The molecule has 0 fully saturated rings. The van der Waals surface area contributed by atoms with Gasteiger partial charge in [0, 0.05) is 18.4 Å². The summed E-state index contributed by atoms with van der Waals surface area (Å²) >= 11 is 5.56. The molecule has 1 aromatic heterocycles. The third-order valence-corrected chi connectivity index (χ3v) is 5.40. The number of aromatic nitrogens is 1. The van der Waals surface area contributed by atoms with Crippen molar-refractivity contribution in [3.05, 3.63) is 71.1 Å². The largest absolute Gasteiger partial charge is 0.493 e. The lowest BCUT2D eigenvalue weighted by Gasteiger charge is -2.10. The van der Waals surface area contributed by atoms with Gasteiger partial charge in [0.05, 0.1) is 12.3 Å². The topological polar surface area (TPSA) is 52.3 Å². The van der Waals surface area contributed by atoms with Crippen LogP contribution in [0.2, 0.25) is 0 Å². The van der Waals surface area contributed by atoms with Crippen LogP contribution in [0.4, 0.5) is 0 Å². The Morgan fingerprint density at radius 3 is 2.86 bits per heavy atom. The summed E-state index contributed by atoms with van der Waals surface area (Å²) in [5.74, 6) is 2.56. The van der Waals surface area contributed by atoms with Crippen molar-refractivity contribution in [1.82, 2.24) is 4.98 Å². The van der Waals surface area contributed by atoms with Gasteiger partial charge < -0.3 is 9.15 Å². The second kappa shape index (κ2) is 8.19. The molecule has 1 aliphatic carbocycles. The number of carbonyl (C=O) groups excluding carboxylic acids is 1. The molecule has 0 saturated heterocycles. The molecule has 28 heavy (non-hydrogen) atoms. The van der Waals surface area contributed by atoms with E-state index in [1.165, 1.54) is 11.1 Å². The Morgan fingerprint density at radius 1 is 1.25 bits per heavy atom. The molecule has 2 aromatic carbocycles. The van der Waals surface area contributed by atoms with Gasteiger partial charge in [-0.15, -0.1) is 0 Å². The Bertz CT molecular complexity index is 981. The maximum Gasteiger partial charge on any atom is 0.226 e. The van der Waals surface area contributed by atoms with Crippen molar-refractivity contribution in [2.75, 3.05) is 6.61 Å². The van der Waals surface area contributed by atoms with Crippen LogP contribution in [0.15, 0.2) is 52.9 Å². The molecule has 0 amide bonds. The first-order chi connectivity index (χ1) is 13.6. The highest BCUT2D eigenvalue weighted by Crippen LogP contribution is 2.37. The van der Waals surface area contributed by atoms with Crippen LogP contribution < -0.4 is 4.74 Å². The lowest BCUT2D eigenvalue weighted by Crippen LogP contribution is -2.03. The number of benzene rings is 2. The van der Waals surface area contributed by atoms with Gasteiger partial charge in [-0.2, -0.15) is 0 Å². The third-order valence-electron chi connectivity index (χ3n) is 5.24. The molecule has 1 heterocycles. The number of aryl methyl sites for hydroxylation is 2. The molecular formula is C23H22ClNO3. The van der Waals surface area contributed by atoms with E-state index < -0.39 is 0 Å². The van der Waals surface area contributed by atoms with Crippen LogP contribution in [0.1, 0.15) is 41.3 Å². The molecule has 0 spiro atoms. The summed E-state index contributed by atoms with van der Waals surface area (Å²) in [4.78, 5) is 15.8. The van der Waals surface area contributed by atoms with Gasteiger partial charge in [-0.3, -0.25) is 4.79 Å². The minimum Gasteiger partial charge on any atom is -0.493 e. The molecule has 0 bridgehead atoms. The molecular weight excluding hydrogens is 374 g/mol. The molecule has 0 radical (unpaired) electrons. The highest BCUT2D eigenvalue weighted by atomic mass is 35.5. The molecule has 5 heteroatoms. The zero-order chi connectivity index (χ0) is 19.5. The number of rotatable bonds is 7. The van der Waals surface area contributed by atoms with E-state index in [9.17, 15) is 4.79 Å². The van der Waals surface area contributed by atoms with Crippen LogP contribution in [0, 0.1) is 6.92 Å². The first kappa shape index (κ1) is 18.8. The van der Waals surface area contributed by atoms with Crippen molar-refractivity contribution in [2.24, 2.45) is 0 Å². The van der Waals surface area contributed by atoms with E-state index >= 15 is 0 Å². The summed E-state index contributed by atoms with van der Waals surface area (Å²) in [6, 6.07) is 16.0. The van der Waals surface area contributed by atoms with E-state index in [1.54, 1.807) is 0 Å². The van der Waals surface area contributed by atoms with Gasteiger partial charge in [0.15, 0.2) is 0 Å². The molecule has 4 rings (SSSR count). The number of halogens is 1. The van der Waals surface area contributed by atoms with Gasteiger partial charge in [-0.25, -0.2) is 4.98 Å². The Kier molecular flexibility index (Phi) is 5.49. The second-order valence-electron chi connectivity index (χ2n) is 7.14. The molecule has 0 saturated carbocycles. The van der Waals surface area contributed by atoms with E-state index in [1.807, 2.05) is 43.3 Å². The van der Waals surface area contributed by atoms with E-state index in [0.717, 1.165) is 35.6 Å². The first-order valence-electron chi connectivity index (χ1n) is 9.56. The predicted octanol–water partition coefficient (Wildman–Crippen LogP) is 5.46. The molecule has 1 atom stereocenters. The summed E-state index contributed by atoms with van der Waals surface area (Å²) in [6.07, 6.45) is 3.02. The van der Waals surface area contributed by atoms with E-state index in [-0.39, 0.29) is 11.2 Å². The van der Waals surface area contributed by atoms with Crippen LogP contribution in [-0.2, 0) is 17.6 Å². The standard InChI is InChI=1S/C23H22ClNO3/c1-15-21(25-23(28-15)16-5-3-2-4-6-16)11-12-27-19-9-10-20-17(13-19)7-8-18(20)14-22(24)26/h2-6,9-10,13,18H,7-8,11-12,14H2,1H3/t18-/m0/s1. The molecule has 0 N–H and O–H groups in total. The molecule has 4 nitrogen and oxygen atoms in total. The van der Waals surface area contributed by atoms with Crippen LogP contribution >= 0.6 is 11.6 Å². The fraction of sp³-hybridized carbons (Fsp3) is 0.304. The fourth-order valence-corrected chi connectivity index (χ4v) is 3.99. The van der Waals surface area contributed by atoms with E-state index in [2.05, 4.69) is 17.1 Å². The van der Waals surface area contributed by atoms with Crippen LogP contribution in [0.25, 0.3) is 11.5 Å². The number of carbonyl (C=O) groups is 1. The smallest absolute Gasteiger partial charge is 0.226 e. The summed E-state index contributed by atoms with van der Waals surface area (Å²) in [7, 11) is 0.